The van der Waals surface area contributed by atoms with Gasteiger partial charge in [0.1, 0.15) is 11.9 Å². The fraction of sp³-hybridized carbons (Fsp3) is 0.500. The molecule has 1 fully saturated rings. The van der Waals surface area contributed by atoms with E-state index in [9.17, 15) is 0 Å². The van der Waals surface area contributed by atoms with Crippen LogP contribution in [0, 0.1) is 0 Å². The molecule has 3 heterocycles. The topological polar surface area (TPSA) is 43.2 Å². The monoisotopic (exact) mass is 286 g/mol. The zero-order chi connectivity index (χ0) is 14.5. The number of rotatable bonds is 5. The summed E-state index contributed by atoms with van der Waals surface area (Å²) in [4.78, 5) is 6.56. The molecule has 3 rings (SSSR count). The fourth-order valence-corrected chi connectivity index (χ4v) is 2.71. The number of aromatic nitrogens is 3. The third-order valence-electron chi connectivity index (χ3n) is 3.89. The molecule has 112 valence electrons. The van der Waals surface area contributed by atoms with Crippen LogP contribution in [0.5, 0.6) is 5.75 Å². The van der Waals surface area contributed by atoms with E-state index in [2.05, 4.69) is 28.1 Å². The summed E-state index contributed by atoms with van der Waals surface area (Å²) < 4.78 is 7.95. The van der Waals surface area contributed by atoms with Gasteiger partial charge in [-0.2, -0.15) is 5.10 Å². The van der Waals surface area contributed by atoms with Crippen molar-refractivity contribution in [2.24, 2.45) is 0 Å². The van der Waals surface area contributed by atoms with Gasteiger partial charge in [-0.05, 0) is 31.9 Å². The van der Waals surface area contributed by atoms with E-state index in [0.29, 0.717) is 6.10 Å². The van der Waals surface area contributed by atoms with Gasteiger partial charge in [0.25, 0.3) is 0 Å². The van der Waals surface area contributed by atoms with Gasteiger partial charge in [-0.3, -0.25) is 14.6 Å². The van der Waals surface area contributed by atoms with E-state index in [1.54, 1.807) is 12.4 Å². The highest BCUT2D eigenvalue weighted by atomic mass is 16.5. The van der Waals surface area contributed by atoms with Crippen LogP contribution < -0.4 is 4.74 Å². The molecule has 2 aromatic heterocycles. The molecule has 0 N–H and O–H groups in total. The molecule has 0 spiro atoms. The van der Waals surface area contributed by atoms with Crippen LogP contribution in [-0.4, -0.2) is 38.9 Å². The van der Waals surface area contributed by atoms with Gasteiger partial charge in [0.05, 0.1) is 12.4 Å². The van der Waals surface area contributed by atoms with Crippen LogP contribution in [0.15, 0.2) is 36.9 Å². The van der Waals surface area contributed by atoms with Gasteiger partial charge in [-0.15, -0.1) is 0 Å². The molecule has 2 aromatic rings. The Morgan fingerprint density at radius 3 is 2.81 bits per heavy atom. The van der Waals surface area contributed by atoms with Crippen LogP contribution in [0.1, 0.15) is 25.3 Å². The van der Waals surface area contributed by atoms with Crippen LogP contribution in [0.4, 0.5) is 0 Å². The highest BCUT2D eigenvalue weighted by molar-refractivity contribution is 5.16. The summed E-state index contributed by atoms with van der Waals surface area (Å²) in [5.74, 6) is 0.875. The highest BCUT2D eigenvalue weighted by Gasteiger charge is 2.20. The third kappa shape index (κ3) is 3.82. The number of likely N-dealkylation sites (tertiary alicyclic amines) is 1. The van der Waals surface area contributed by atoms with Crippen LogP contribution in [0.25, 0.3) is 0 Å². The molecule has 0 aromatic carbocycles. The zero-order valence-electron chi connectivity index (χ0n) is 12.5. The minimum Gasteiger partial charge on any atom is -0.489 e. The van der Waals surface area contributed by atoms with Gasteiger partial charge in [0.15, 0.2) is 0 Å². The predicted octanol–water partition coefficient (Wildman–Crippen LogP) is 2.34. The van der Waals surface area contributed by atoms with Crippen molar-refractivity contribution in [3.05, 3.63) is 42.5 Å². The van der Waals surface area contributed by atoms with Crippen molar-refractivity contribution in [2.45, 2.75) is 39.0 Å². The lowest BCUT2D eigenvalue weighted by atomic mass is 10.1. The Kier molecular flexibility index (Phi) is 4.50. The van der Waals surface area contributed by atoms with Gasteiger partial charge >= 0.3 is 0 Å². The standard InChI is InChI=1S/C16H22N4O/c1-2-20-13-14(10-18-20)12-19-8-5-15(6-9-19)21-16-4-3-7-17-11-16/h3-4,7,10-11,13,15H,2,5-6,8-9,12H2,1H3. The van der Waals surface area contributed by atoms with Gasteiger partial charge < -0.3 is 4.74 Å². The van der Waals surface area contributed by atoms with Crippen molar-refractivity contribution in [2.75, 3.05) is 13.1 Å². The van der Waals surface area contributed by atoms with Crippen LogP contribution in [0.3, 0.4) is 0 Å². The molecule has 5 nitrogen and oxygen atoms in total. The van der Waals surface area contributed by atoms with Crippen LogP contribution in [0.2, 0.25) is 0 Å². The van der Waals surface area contributed by atoms with Crippen molar-refractivity contribution in [1.82, 2.24) is 19.7 Å². The first-order valence-corrected chi connectivity index (χ1v) is 7.64. The maximum absolute atomic E-state index is 5.97. The average Bonchev–Trinajstić information content (AvgIpc) is 2.98. The SMILES string of the molecule is CCn1cc(CN2CCC(Oc3cccnc3)CC2)cn1. The lowest BCUT2D eigenvalue weighted by molar-refractivity contribution is 0.0965. The van der Waals surface area contributed by atoms with E-state index in [1.165, 1.54) is 5.56 Å². The Balaban J connectivity index is 1.46. The van der Waals surface area contributed by atoms with Crippen molar-refractivity contribution in [3.8, 4) is 5.75 Å². The minimum atomic E-state index is 0.309. The van der Waals surface area contributed by atoms with E-state index in [1.807, 2.05) is 23.0 Å². The maximum Gasteiger partial charge on any atom is 0.137 e. The molecule has 21 heavy (non-hydrogen) atoms. The summed E-state index contributed by atoms with van der Waals surface area (Å²) in [5, 5.41) is 4.33. The molecular weight excluding hydrogens is 264 g/mol. The van der Waals surface area contributed by atoms with Crippen molar-refractivity contribution in [3.63, 3.8) is 0 Å². The smallest absolute Gasteiger partial charge is 0.137 e. The first kappa shape index (κ1) is 14.1. The van der Waals surface area contributed by atoms with Crippen LogP contribution >= 0.6 is 0 Å². The highest BCUT2D eigenvalue weighted by Crippen LogP contribution is 2.19. The molecule has 0 bridgehead atoms. The summed E-state index contributed by atoms with van der Waals surface area (Å²) >= 11 is 0. The van der Waals surface area contributed by atoms with E-state index in [4.69, 9.17) is 4.74 Å². The molecule has 0 radical (unpaired) electrons. The second kappa shape index (κ2) is 6.72. The maximum atomic E-state index is 5.97. The molecule has 0 atom stereocenters. The Morgan fingerprint density at radius 1 is 1.29 bits per heavy atom. The number of aryl methyl sites for hydroxylation is 1. The van der Waals surface area contributed by atoms with Crippen molar-refractivity contribution in [1.29, 1.82) is 0 Å². The van der Waals surface area contributed by atoms with E-state index in [-0.39, 0.29) is 0 Å². The van der Waals surface area contributed by atoms with Crippen LogP contribution in [-0.2, 0) is 13.1 Å². The first-order valence-electron chi connectivity index (χ1n) is 7.64. The van der Waals surface area contributed by atoms with Gasteiger partial charge in [-0.1, -0.05) is 0 Å². The Bertz CT molecular complexity index is 546. The lowest BCUT2D eigenvalue weighted by Crippen LogP contribution is -2.37. The third-order valence-corrected chi connectivity index (χ3v) is 3.89. The number of piperidine rings is 1. The molecular formula is C16H22N4O. The quantitative estimate of drug-likeness (QED) is 0.846. The predicted molar refractivity (Wildman–Crippen MR) is 81.1 cm³/mol. The molecule has 0 amide bonds. The molecule has 1 aliphatic heterocycles. The molecule has 0 aliphatic carbocycles. The summed E-state index contributed by atoms with van der Waals surface area (Å²) in [5.41, 5.74) is 1.29. The molecule has 0 saturated carbocycles. The largest absolute Gasteiger partial charge is 0.489 e. The summed E-state index contributed by atoms with van der Waals surface area (Å²) in [7, 11) is 0. The second-order valence-corrected chi connectivity index (χ2v) is 5.49. The number of hydrogen-bond acceptors (Lipinski definition) is 4. The summed E-state index contributed by atoms with van der Waals surface area (Å²) in [6.07, 6.45) is 10.1. The molecule has 1 saturated heterocycles. The number of nitrogens with zero attached hydrogens (tertiary/aromatic N) is 4. The molecule has 5 heteroatoms. The Morgan fingerprint density at radius 2 is 2.14 bits per heavy atom. The first-order chi connectivity index (χ1) is 10.3. The zero-order valence-corrected chi connectivity index (χ0v) is 12.5. The second-order valence-electron chi connectivity index (χ2n) is 5.49. The minimum absolute atomic E-state index is 0.309. The van der Waals surface area contributed by atoms with Gasteiger partial charge in [0, 0.05) is 44.1 Å². The van der Waals surface area contributed by atoms with E-state index in [0.717, 1.165) is 44.8 Å². The number of hydrogen-bond donors (Lipinski definition) is 0. The Hall–Kier alpha value is -1.88. The van der Waals surface area contributed by atoms with Gasteiger partial charge in [0.2, 0.25) is 0 Å². The van der Waals surface area contributed by atoms with E-state index >= 15 is 0 Å². The molecule has 0 unspecified atom stereocenters. The normalized spacial score (nSPS) is 17.0. The molecule has 1 aliphatic rings. The number of pyridine rings is 1. The van der Waals surface area contributed by atoms with E-state index < -0.39 is 0 Å². The average molecular weight is 286 g/mol. The number of ether oxygens (including phenoxy) is 1. The Labute approximate surface area is 125 Å². The summed E-state index contributed by atoms with van der Waals surface area (Å²) in [6, 6.07) is 3.88. The summed E-state index contributed by atoms with van der Waals surface area (Å²) in [6.45, 7) is 6.17. The van der Waals surface area contributed by atoms with Gasteiger partial charge in [-0.25, -0.2) is 0 Å². The lowest BCUT2D eigenvalue weighted by Gasteiger charge is -2.31. The van der Waals surface area contributed by atoms with Crippen molar-refractivity contribution < 1.29 is 4.74 Å². The fourth-order valence-electron chi connectivity index (χ4n) is 2.71. The van der Waals surface area contributed by atoms with Crippen molar-refractivity contribution >= 4 is 0 Å².